The van der Waals surface area contributed by atoms with Gasteiger partial charge in [0.15, 0.2) is 5.78 Å². The summed E-state index contributed by atoms with van der Waals surface area (Å²) in [6.07, 6.45) is 2.31. The Morgan fingerprint density at radius 1 is 1.21 bits per heavy atom. The van der Waals surface area contributed by atoms with E-state index in [1.54, 1.807) is 12.1 Å². The Balaban J connectivity index is 2.52. The fourth-order valence-electron chi connectivity index (χ4n) is 1.59. The summed E-state index contributed by atoms with van der Waals surface area (Å²) in [4.78, 5) is 22.8. The molecule has 1 aromatic rings. The van der Waals surface area contributed by atoms with Crippen LogP contribution in [0.25, 0.3) is 0 Å². The molecule has 0 aromatic heterocycles. The number of Topliss-reactive ketones (excluding diaryl/α,β-unsaturated/α-hetero) is 1. The first-order valence-corrected chi connectivity index (χ1v) is 6.49. The van der Waals surface area contributed by atoms with E-state index in [2.05, 4.69) is 6.58 Å². The van der Waals surface area contributed by atoms with Crippen LogP contribution in [-0.4, -0.2) is 18.4 Å². The highest BCUT2D eigenvalue weighted by molar-refractivity contribution is 5.94. The summed E-state index contributed by atoms with van der Waals surface area (Å²) >= 11 is 0. The Morgan fingerprint density at radius 2 is 1.84 bits per heavy atom. The van der Waals surface area contributed by atoms with E-state index < -0.39 is 0 Å². The van der Waals surface area contributed by atoms with Crippen molar-refractivity contribution in [3.05, 3.63) is 47.5 Å². The molecule has 102 valence electrons. The Kier molecular flexibility index (Phi) is 6.00. The lowest BCUT2D eigenvalue weighted by Gasteiger charge is -2.07. The summed E-state index contributed by atoms with van der Waals surface area (Å²) in [5, 5.41) is 0. The van der Waals surface area contributed by atoms with Crippen LogP contribution in [0.3, 0.4) is 0 Å². The fraction of sp³-hybridized carbons (Fsp3) is 0.375. The van der Waals surface area contributed by atoms with Gasteiger partial charge in [-0.25, -0.2) is 4.79 Å². The Labute approximate surface area is 114 Å². The van der Waals surface area contributed by atoms with Gasteiger partial charge in [-0.2, -0.15) is 0 Å². The number of rotatable bonds is 7. The van der Waals surface area contributed by atoms with Crippen LogP contribution in [0.15, 0.2) is 36.4 Å². The highest BCUT2D eigenvalue weighted by Crippen LogP contribution is 2.10. The number of unbranched alkanes of at least 4 members (excludes halogenated alkanes) is 1. The molecule has 0 aliphatic heterocycles. The molecule has 0 spiro atoms. The minimum atomic E-state index is -0.343. The normalized spacial score (nSPS) is 10.0. The molecular formula is C16H20O3. The maximum Gasteiger partial charge on any atom is 0.333 e. The molecule has 3 nitrogen and oxygen atoms in total. The molecule has 0 fully saturated rings. The third kappa shape index (κ3) is 5.08. The summed E-state index contributed by atoms with van der Waals surface area (Å²) < 4.78 is 5.09. The first-order valence-electron chi connectivity index (χ1n) is 6.49. The number of esters is 1. The van der Waals surface area contributed by atoms with Gasteiger partial charge < -0.3 is 4.74 Å². The van der Waals surface area contributed by atoms with Crippen molar-refractivity contribution in [2.45, 2.75) is 33.1 Å². The van der Waals surface area contributed by atoms with Gasteiger partial charge in [-0.3, -0.25) is 4.79 Å². The molecule has 0 aliphatic rings. The van der Waals surface area contributed by atoms with Crippen molar-refractivity contribution in [2.75, 3.05) is 6.61 Å². The Bertz CT molecular complexity index is 457. The molecular weight excluding hydrogens is 240 g/mol. The van der Waals surface area contributed by atoms with Crippen LogP contribution < -0.4 is 0 Å². The predicted molar refractivity (Wildman–Crippen MR) is 75.2 cm³/mol. The maximum atomic E-state index is 11.6. The summed E-state index contributed by atoms with van der Waals surface area (Å²) in [5.74, 6) is -0.312. The topological polar surface area (TPSA) is 43.4 Å². The van der Waals surface area contributed by atoms with E-state index in [9.17, 15) is 9.59 Å². The second kappa shape index (κ2) is 7.52. The molecule has 0 saturated carbocycles. The number of carbonyl (C=O) groups is 2. The molecule has 1 rings (SSSR count). The number of benzene rings is 1. The summed E-state index contributed by atoms with van der Waals surface area (Å²) in [7, 11) is 0. The van der Waals surface area contributed by atoms with Gasteiger partial charge in [0.25, 0.3) is 0 Å². The number of hydrogen-bond acceptors (Lipinski definition) is 3. The maximum absolute atomic E-state index is 11.6. The van der Waals surface area contributed by atoms with E-state index >= 15 is 0 Å². The van der Waals surface area contributed by atoms with Crippen molar-refractivity contribution in [2.24, 2.45) is 0 Å². The summed E-state index contributed by atoms with van der Waals surface area (Å²) in [6.45, 7) is 7.75. The number of hydrogen-bond donors (Lipinski definition) is 0. The minimum absolute atomic E-state index is 0.0318. The van der Waals surface area contributed by atoms with Gasteiger partial charge in [0.1, 0.15) is 0 Å². The Hall–Kier alpha value is -1.90. The van der Waals surface area contributed by atoms with Crippen molar-refractivity contribution in [3.63, 3.8) is 0 Å². The third-order valence-electron chi connectivity index (χ3n) is 2.80. The lowest BCUT2D eigenvalue weighted by Crippen LogP contribution is -2.10. The van der Waals surface area contributed by atoms with Gasteiger partial charge >= 0.3 is 5.97 Å². The molecule has 0 amide bonds. The highest BCUT2D eigenvalue weighted by atomic mass is 16.5. The van der Waals surface area contributed by atoms with E-state index in [1.165, 1.54) is 6.92 Å². The zero-order valence-electron chi connectivity index (χ0n) is 11.6. The zero-order valence-corrected chi connectivity index (χ0v) is 11.6. The van der Waals surface area contributed by atoms with Crippen molar-refractivity contribution in [1.29, 1.82) is 0 Å². The largest absolute Gasteiger partial charge is 0.462 e. The first-order chi connectivity index (χ1) is 9.04. The van der Waals surface area contributed by atoms with Crippen LogP contribution in [0, 0.1) is 0 Å². The van der Waals surface area contributed by atoms with Crippen molar-refractivity contribution in [1.82, 2.24) is 0 Å². The Morgan fingerprint density at radius 3 is 2.37 bits per heavy atom. The lowest BCUT2D eigenvalue weighted by molar-refractivity contribution is -0.139. The van der Waals surface area contributed by atoms with E-state index in [0.717, 1.165) is 18.4 Å². The van der Waals surface area contributed by atoms with E-state index in [1.807, 2.05) is 19.1 Å². The van der Waals surface area contributed by atoms with Crippen LogP contribution in [0.2, 0.25) is 0 Å². The molecule has 1 aromatic carbocycles. The van der Waals surface area contributed by atoms with Crippen LogP contribution in [0.4, 0.5) is 0 Å². The molecule has 0 unspecified atom stereocenters. The zero-order chi connectivity index (χ0) is 14.3. The fourth-order valence-corrected chi connectivity index (χ4v) is 1.59. The van der Waals surface area contributed by atoms with Crippen molar-refractivity contribution >= 4 is 11.8 Å². The lowest BCUT2D eigenvalue weighted by atomic mass is 10.0. The monoisotopic (exact) mass is 260 g/mol. The number of ether oxygens (including phenoxy) is 1. The second-order valence-corrected chi connectivity index (χ2v) is 4.52. The van der Waals surface area contributed by atoms with Gasteiger partial charge in [0.2, 0.25) is 0 Å². The minimum Gasteiger partial charge on any atom is -0.462 e. The van der Waals surface area contributed by atoms with Crippen molar-refractivity contribution < 1.29 is 14.3 Å². The van der Waals surface area contributed by atoms with E-state index in [-0.39, 0.29) is 11.8 Å². The molecule has 0 heterocycles. The number of carbonyl (C=O) groups excluding carboxylic acids is 2. The smallest absolute Gasteiger partial charge is 0.333 e. The standard InChI is InChI=1S/C16H20O3/c1-4-5-10-19-16(18)12(2)11-14-6-8-15(9-7-14)13(3)17/h6-9H,2,4-5,10-11H2,1,3H3. The van der Waals surface area contributed by atoms with Gasteiger partial charge in [0.05, 0.1) is 6.61 Å². The summed E-state index contributed by atoms with van der Waals surface area (Å²) in [5.41, 5.74) is 2.05. The van der Waals surface area contributed by atoms with E-state index in [4.69, 9.17) is 4.74 Å². The van der Waals surface area contributed by atoms with Crippen LogP contribution in [-0.2, 0) is 16.0 Å². The molecule has 19 heavy (non-hydrogen) atoms. The molecule has 0 N–H and O–H groups in total. The van der Waals surface area contributed by atoms with Gasteiger partial charge in [-0.1, -0.05) is 44.2 Å². The quantitative estimate of drug-likeness (QED) is 0.327. The van der Waals surface area contributed by atoms with Crippen LogP contribution >= 0.6 is 0 Å². The second-order valence-electron chi connectivity index (χ2n) is 4.52. The molecule has 0 aliphatic carbocycles. The third-order valence-corrected chi connectivity index (χ3v) is 2.80. The average molecular weight is 260 g/mol. The molecule has 0 atom stereocenters. The van der Waals surface area contributed by atoms with Gasteiger partial charge in [-0.05, 0) is 18.9 Å². The SMILES string of the molecule is C=C(Cc1ccc(C(C)=O)cc1)C(=O)OCCCC. The summed E-state index contributed by atoms with van der Waals surface area (Å²) in [6, 6.07) is 7.18. The molecule has 0 saturated heterocycles. The van der Waals surface area contributed by atoms with E-state index in [0.29, 0.717) is 24.2 Å². The van der Waals surface area contributed by atoms with Crippen LogP contribution in [0.5, 0.6) is 0 Å². The van der Waals surface area contributed by atoms with Gasteiger partial charge in [0, 0.05) is 17.6 Å². The average Bonchev–Trinajstić information content (AvgIpc) is 2.39. The molecule has 0 bridgehead atoms. The van der Waals surface area contributed by atoms with Crippen LogP contribution in [0.1, 0.15) is 42.6 Å². The predicted octanol–water partition coefficient (Wildman–Crippen LogP) is 3.33. The number of ketones is 1. The van der Waals surface area contributed by atoms with Crippen molar-refractivity contribution in [3.8, 4) is 0 Å². The molecule has 3 heteroatoms. The highest BCUT2D eigenvalue weighted by Gasteiger charge is 2.09. The molecule has 0 radical (unpaired) electrons. The first kappa shape index (κ1) is 15.2. The van der Waals surface area contributed by atoms with Gasteiger partial charge in [-0.15, -0.1) is 0 Å².